The minimum atomic E-state index is -3.02. The zero-order valence-electron chi connectivity index (χ0n) is 7.23. The fourth-order valence-corrected chi connectivity index (χ4v) is 2.57. The molecule has 0 aromatic carbocycles. The molecule has 4 nitrogen and oxygen atoms in total. The average Bonchev–Trinajstić information content (AvgIpc) is 2.52. The first kappa shape index (κ1) is 9.95. The highest BCUT2D eigenvalue weighted by Gasteiger charge is 2.29. The molecule has 0 aliphatic carbocycles. The summed E-state index contributed by atoms with van der Waals surface area (Å²) in [7, 11) is -3.02. The quantitative estimate of drug-likeness (QED) is 0.666. The summed E-state index contributed by atoms with van der Waals surface area (Å²) in [5.41, 5.74) is 0. The second kappa shape index (κ2) is 3.72. The number of aliphatic hydroxyl groups excluding tert-OH is 1. The first-order valence-corrected chi connectivity index (χ1v) is 5.79. The van der Waals surface area contributed by atoms with Gasteiger partial charge in [0.2, 0.25) is 10.0 Å². The lowest BCUT2D eigenvalue weighted by Crippen LogP contribution is -2.30. The monoisotopic (exact) mass is 193 g/mol. The molecule has 0 saturated carbocycles. The fourth-order valence-electron chi connectivity index (χ4n) is 1.38. The van der Waals surface area contributed by atoms with Gasteiger partial charge in [-0.05, 0) is 19.3 Å². The van der Waals surface area contributed by atoms with Gasteiger partial charge in [-0.3, -0.25) is 0 Å². The van der Waals surface area contributed by atoms with Gasteiger partial charge in [0, 0.05) is 19.7 Å². The van der Waals surface area contributed by atoms with Crippen LogP contribution in [0.1, 0.15) is 13.3 Å². The van der Waals surface area contributed by atoms with Crippen molar-refractivity contribution < 1.29 is 13.5 Å². The molecule has 1 unspecified atom stereocenters. The van der Waals surface area contributed by atoms with Crippen LogP contribution in [0.5, 0.6) is 0 Å². The minimum Gasteiger partial charge on any atom is -0.396 e. The zero-order valence-corrected chi connectivity index (χ0v) is 8.05. The summed E-state index contributed by atoms with van der Waals surface area (Å²) in [6.45, 7) is 2.80. The van der Waals surface area contributed by atoms with Gasteiger partial charge in [0.05, 0.1) is 5.75 Å². The van der Waals surface area contributed by atoms with E-state index < -0.39 is 10.0 Å². The maximum atomic E-state index is 11.3. The molecule has 1 atom stereocenters. The molecule has 0 radical (unpaired) electrons. The summed E-state index contributed by atoms with van der Waals surface area (Å²) in [5.74, 6) is 0.303. The van der Waals surface area contributed by atoms with Crippen LogP contribution in [-0.2, 0) is 10.0 Å². The highest BCUT2D eigenvalue weighted by molar-refractivity contribution is 7.89. The van der Waals surface area contributed by atoms with Crippen LogP contribution in [0.4, 0.5) is 0 Å². The molecule has 1 aliphatic rings. The van der Waals surface area contributed by atoms with Crippen LogP contribution in [0.2, 0.25) is 0 Å². The van der Waals surface area contributed by atoms with Crippen molar-refractivity contribution in [2.75, 3.05) is 25.4 Å². The number of rotatable bonds is 3. The summed E-state index contributed by atoms with van der Waals surface area (Å²) in [4.78, 5) is 0. The van der Waals surface area contributed by atoms with Gasteiger partial charge in [0.1, 0.15) is 0 Å². The lowest BCUT2D eigenvalue weighted by molar-refractivity contribution is 0.233. The molecule has 0 spiro atoms. The van der Waals surface area contributed by atoms with E-state index in [1.807, 2.05) is 0 Å². The molecular formula is C7H15NO3S. The molecule has 1 rings (SSSR count). The minimum absolute atomic E-state index is 0.0930. The lowest BCUT2D eigenvalue weighted by Gasteiger charge is -2.14. The molecule has 1 fully saturated rings. The molecule has 5 heteroatoms. The Labute approximate surface area is 73.2 Å². The van der Waals surface area contributed by atoms with Crippen LogP contribution in [0, 0.1) is 5.92 Å². The molecule has 1 heterocycles. The lowest BCUT2D eigenvalue weighted by atomic mass is 10.1. The van der Waals surface area contributed by atoms with Crippen molar-refractivity contribution in [1.82, 2.24) is 4.31 Å². The van der Waals surface area contributed by atoms with Crippen molar-refractivity contribution in [3.63, 3.8) is 0 Å². The largest absolute Gasteiger partial charge is 0.396 e. The van der Waals surface area contributed by atoms with Gasteiger partial charge in [-0.25, -0.2) is 12.7 Å². The predicted molar refractivity (Wildman–Crippen MR) is 46.2 cm³/mol. The van der Waals surface area contributed by atoms with Crippen LogP contribution in [0.3, 0.4) is 0 Å². The van der Waals surface area contributed by atoms with E-state index in [1.165, 1.54) is 4.31 Å². The van der Waals surface area contributed by atoms with Crippen molar-refractivity contribution in [3.05, 3.63) is 0 Å². The number of hydrogen-bond donors (Lipinski definition) is 1. The van der Waals surface area contributed by atoms with Crippen LogP contribution in [0.25, 0.3) is 0 Å². The second-order valence-corrected chi connectivity index (χ2v) is 5.35. The SMILES string of the molecule is CCS(=O)(=O)N1CCC(CO)C1. The molecule has 1 saturated heterocycles. The van der Waals surface area contributed by atoms with E-state index in [1.54, 1.807) is 6.92 Å². The van der Waals surface area contributed by atoms with Crippen molar-refractivity contribution >= 4 is 10.0 Å². The Morgan fingerprint density at radius 2 is 2.25 bits per heavy atom. The van der Waals surface area contributed by atoms with Crippen LogP contribution in [0.15, 0.2) is 0 Å². The molecule has 1 N–H and O–H groups in total. The van der Waals surface area contributed by atoms with Crippen molar-refractivity contribution in [3.8, 4) is 0 Å². The van der Waals surface area contributed by atoms with Gasteiger partial charge in [-0.2, -0.15) is 0 Å². The van der Waals surface area contributed by atoms with Crippen molar-refractivity contribution in [2.45, 2.75) is 13.3 Å². The van der Waals surface area contributed by atoms with Gasteiger partial charge < -0.3 is 5.11 Å². The molecule has 0 aromatic heterocycles. The topological polar surface area (TPSA) is 57.6 Å². The molecule has 0 aromatic rings. The van der Waals surface area contributed by atoms with E-state index in [-0.39, 0.29) is 18.3 Å². The molecule has 72 valence electrons. The smallest absolute Gasteiger partial charge is 0.213 e. The van der Waals surface area contributed by atoms with Gasteiger partial charge >= 0.3 is 0 Å². The standard InChI is InChI=1S/C7H15NO3S/c1-2-12(10,11)8-4-3-7(5-8)6-9/h7,9H,2-6H2,1H3. The van der Waals surface area contributed by atoms with E-state index in [2.05, 4.69) is 0 Å². The van der Waals surface area contributed by atoms with E-state index in [0.29, 0.717) is 13.1 Å². The Morgan fingerprint density at radius 3 is 2.67 bits per heavy atom. The molecular weight excluding hydrogens is 178 g/mol. The summed E-state index contributed by atoms with van der Waals surface area (Å²) in [5, 5.41) is 8.80. The van der Waals surface area contributed by atoms with Crippen LogP contribution < -0.4 is 0 Å². The number of sulfonamides is 1. The summed E-state index contributed by atoms with van der Waals surface area (Å²) < 4.78 is 24.1. The first-order valence-electron chi connectivity index (χ1n) is 4.19. The number of aliphatic hydroxyl groups is 1. The Balaban J connectivity index is 2.58. The van der Waals surface area contributed by atoms with Crippen molar-refractivity contribution in [1.29, 1.82) is 0 Å². The fraction of sp³-hybridized carbons (Fsp3) is 1.00. The van der Waals surface area contributed by atoms with Gasteiger partial charge in [0.15, 0.2) is 0 Å². The predicted octanol–water partition coefficient (Wildman–Crippen LogP) is -0.350. The number of nitrogens with zero attached hydrogens (tertiary/aromatic N) is 1. The van der Waals surface area contributed by atoms with E-state index in [4.69, 9.17) is 5.11 Å². The van der Waals surface area contributed by atoms with E-state index in [9.17, 15) is 8.42 Å². The highest BCUT2D eigenvalue weighted by atomic mass is 32.2. The molecule has 12 heavy (non-hydrogen) atoms. The summed E-state index contributed by atoms with van der Waals surface area (Å²) in [6.07, 6.45) is 0.787. The van der Waals surface area contributed by atoms with E-state index in [0.717, 1.165) is 6.42 Å². The second-order valence-electron chi connectivity index (χ2n) is 3.10. The highest BCUT2D eigenvalue weighted by Crippen LogP contribution is 2.18. The number of hydrogen-bond acceptors (Lipinski definition) is 3. The Kier molecular flexibility index (Phi) is 3.09. The Morgan fingerprint density at radius 1 is 1.58 bits per heavy atom. The molecule has 0 amide bonds. The first-order chi connectivity index (χ1) is 5.60. The summed E-state index contributed by atoms with van der Waals surface area (Å²) in [6, 6.07) is 0. The van der Waals surface area contributed by atoms with Crippen LogP contribution >= 0.6 is 0 Å². The average molecular weight is 193 g/mol. The third-order valence-electron chi connectivity index (χ3n) is 2.26. The molecule has 0 bridgehead atoms. The Bertz CT molecular complexity index is 237. The molecule has 1 aliphatic heterocycles. The maximum absolute atomic E-state index is 11.3. The summed E-state index contributed by atoms with van der Waals surface area (Å²) >= 11 is 0. The van der Waals surface area contributed by atoms with Crippen LogP contribution in [-0.4, -0.2) is 43.3 Å². The van der Waals surface area contributed by atoms with Gasteiger partial charge in [0.25, 0.3) is 0 Å². The Hall–Kier alpha value is -0.130. The zero-order chi connectivity index (χ0) is 9.19. The van der Waals surface area contributed by atoms with E-state index >= 15 is 0 Å². The van der Waals surface area contributed by atoms with Gasteiger partial charge in [-0.1, -0.05) is 0 Å². The third kappa shape index (κ3) is 1.97. The van der Waals surface area contributed by atoms with Crippen molar-refractivity contribution in [2.24, 2.45) is 5.92 Å². The normalized spacial score (nSPS) is 26.3. The van der Waals surface area contributed by atoms with Gasteiger partial charge in [-0.15, -0.1) is 0 Å². The third-order valence-corrected chi connectivity index (χ3v) is 4.11. The maximum Gasteiger partial charge on any atom is 0.213 e.